The molecule has 3 heterocycles. The number of nitrogens with zero attached hydrogens (tertiary/aromatic N) is 5. The summed E-state index contributed by atoms with van der Waals surface area (Å²) in [7, 11) is 4.01. The quantitative estimate of drug-likeness (QED) is 0.802. The largest absolute Gasteiger partial charge is 0.383 e. The number of imidazole rings is 2. The lowest BCUT2D eigenvalue weighted by molar-refractivity contribution is 0.605. The van der Waals surface area contributed by atoms with Gasteiger partial charge in [0.1, 0.15) is 17.2 Å². The summed E-state index contributed by atoms with van der Waals surface area (Å²) in [6.07, 6.45) is 5.62. The molecule has 0 radical (unpaired) electrons. The predicted molar refractivity (Wildman–Crippen MR) is 85.5 cm³/mol. The average Bonchev–Trinajstić information content (AvgIpc) is 3.03. The van der Waals surface area contributed by atoms with E-state index in [2.05, 4.69) is 28.4 Å². The number of hydrogen-bond acceptors (Lipinski definition) is 4. The van der Waals surface area contributed by atoms with Crippen molar-refractivity contribution in [1.29, 1.82) is 0 Å². The first-order chi connectivity index (χ1) is 9.99. The van der Waals surface area contributed by atoms with Gasteiger partial charge in [0.2, 0.25) is 0 Å². The summed E-state index contributed by atoms with van der Waals surface area (Å²) in [5, 5.41) is 0. The summed E-state index contributed by atoms with van der Waals surface area (Å²) in [6, 6.07) is 4.32. The van der Waals surface area contributed by atoms with Crippen LogP contribution >= 0.6 is 0 Å². The highest BCUT2D eigenvalue weighted by Gasteiger charge is 2.16. The Morgan fingerprint density at radius 2 is 2.00 bits per heavy atom. The fourth-order valence-electron chi connectivity index (χ4n) is 2.40. The van der Waals surface area contributed by atoms with Crippen LogP contribution in [0.2, 0.25) is 0 Å². The summed E-state index contributed by atoms with van der Waals surface area (Å²) in [5.74, 6) is 0.635. The Morgan fingerprint density at radius 1 is 1.24 bits per heavy atom. The van der Waals surface area contributed by atoms with Crippen LogP contribution in [0.5, 0.6) is 0 Å². The number of nitrogens with two attached hydrogens (primary N) is 1. The van der Waals surface area contributed by atoms with Gasteiger partial charge in [0.25, 0.3) is 0 Å². The molecule has 6 heteroatoms. The molecule has 0 spiro atoms. The van der Waals surface area contributed by atoms with Crippen molar-refractivity contribution in [3.63, 3.8) is 0 Å². The van der Waals surface area contributed by atoms with Gasteiger partial charge < -0.3 is 15.2 Å². The van der Waals surface area contributed by atoms with Crippen LogP contribution in [0, 0.1) is 0 Å². The van der Waals surface area contributed by atoms with Crippen molar-refractivity contribution in [2.24, 2.45) is 0 Å². The number of aromatic nitrogens is 4. The molecule has 0 aromatic carbocycles. The Bertz CT molecular complexity index is 781. The molecule has 0 saturated carbocycles. The smallest absolute Gasteiger partial charge is 0.139 e. The van der Waals surface area contributed by atoms with E-state index in [1.807, 2.05) is 54.2 Å². The van der Waals surface area contributed by atoms with Crippen molar-refractivity contribution in [1.82, 2.24) is 18.9 Å². The zero-order valence-electron chi connectivity index (χ0n) is 12.8. The van der Waals surface area contributed by atoms with Crippen molar-refractivity contribution >= 4 is 17.2 Å². The van der Waals surface area contributed by atoms with Crippen LogP contribution in [0.4, 0.5) is 11.5 Å². The van der Waals surface area contributed by atoms with E-state index in [-0.39, 0.29) is 0 Å². The molecule has 21 heavy (non-hydrogen) atoms. The Hall–Kier alpha value is -2.50. The molecule has 0 bridgehead atoms. The van der Waals surface area contributed by atoms with Crippen LogP contribution in [0.1, 0.15) is 19.9 Å². The SMILES string of the molecule is CC(C)n1cncc1-c1nc2ccc(N(C)C)cn2c1N. The normalized spacial score (nSPS) is 11.5. The minimum atomic E-state index is 0.309. The number of fused-ring (bicyclic) bond motifs is 1. The van der Waals surface area contributed by atoms with Crippen LogP contribution < -0.4 is 10.6 Å². The van der Waals surface area contributed by atoms with Gasteiger partial charge in [-0.3, -0.25) is 4.40 Å². The first-order valence-electron chi connectivity index (χ1n) is 6.96. The molecular weight excluding hydrogens is 264 g/mol. The van der Waals surface area contributed by atoms with Crippen molar-refractivity contribution in [2.75, 3.05) is 24.7 Å². The lowest BCUT2D eigenvalue weighted by atomic mass is 10.3. The van der Waals surface area contributed by atoms with E-state index < -0.39 is 0 Å². The molecule has 0 unspecified atom stereocenters. The van der Waals surface area contributed by atoms with Gasteiger partial charge in [0.05, 0.1) is 23.9 Å². The van der Waals surface area contributed by atoms with Gasteiger partial charge >= 0.3 is 0 Å². The zero-order chi connectivity index (χ0) is 15.1. The van der Waals surface area contributed by atoms with Crippen molar-refractivity contribution in [2.45, 2.75) is 19.9 Å². The molecular formula is C15H20N6. The molecule has 0 atom stereocenters. The first kappa shape index (κ1) is 13.5. The molecule has 3 aromatic rings. The standard InChI is InChI=1S/C15H20N6/c1-10(2)21-9-17-7-12(21)14-15(16)20-8-11(19(3)4)5-6-13(20)18-14/h5-10H,16H2,1-4H3. The van der Waals surface area contributed by atoms with Crippen molar-refractivity contribution in [3.05, 3.63) is 30.9 Å². The maximum absolute atomic E-state index is 6.31. The highest BCUT2D eigenvalue weighted by Crippen LogP contribution is 2.29. The number of anilines is 2. The average molecular weight is 284 g/mol. The second-order valence-corrected chi connectivity index (χ2v) is 5.64. The van der Waals surface area contributed by atoms with Crippen LogP contribution in [-0.4, -0.2) is 33.0 Å². The molecule has 0 saturated heterocycles. The summed E-state index contributed by atoms with van der Waals surface area (Å²) >= 11 is 0. The maximum Gasteiger partial charge on any atom is 0.139 e. The van der Waals surface area contributed by atoms with Gasteiger partial charge in [0, 0.05) is 26.3 Å². The van der Waals surface area contributed by atoms with Crippen LogP contribution in [0.25, 0.3) is 17.0 Å². The van der Waals surface area contributed by atoms with Crippen LogP contribution in [0.15, 0.2) is 30.9 Å². The number of pyridine rings is 1. The minimum absolute atomic E-state index is 0.309. The molecule has 0 fully saturated rings. The lowest BCUT2D eigenvalue weighted by Crippen LogP contribution is -2.09. The zero-order valence-corrected chi connectivity index (χ0v) is 12.8. The topological polar surface area (TPSA) is 64.4 Å². The number of hydrogen-bond donors (Lipinski definition) is 1. The molecule has 3 rings (SSSR count). The van der Waals surface area contributed by atoms with E-state index in [0.29, 0.717) is 11.9 Å². The van der Waals surface area contributed by atoms with Crippen molar-refractivity contribution in [3.8, 4) is 11.4 Å². The molecule has 6 nitrogen and oxygen atoms in total. The van der Waals surface area contributed by atoms with E-state index in [4.69, 9.17) is 5.73 Å². The molecule has 110 valence electrons. The van der Waals surface area contributed by atoms with Gasteiger partial charge in [-0.25, -0.2) is 9.97 Å². The first-order valence-corrected chi connectivity index (χ1v) is 6.96. The Labute approximate surface area is 123 Å². The summed E-state index contributed by atoms with van der Waals surface area (Å²) in [4.78, 5) is 10.9. The Kier molecular flexibility index (Phi) is 3.08. The fourth-order valence-corrected chi connectivity index (χ4v) is 2.40. The Balaban J connectivity index is 2.20. The van der Waals surface area contributed by atoms with Gasteiger partial charge in [-0.15, -0.1) is 0 Å². The highest BCUT2D eigenvalue weighted by atomic mass is 15.1. The maximum atomic E-state index is 6.31. The summed E-state index contributed by atoms with van der Waals surface area (Å²) < 4.78 is 3.99. The lowest BCUT2D eigenvalue weighted by Gasteiger charge is -2.12. The van der Waals surface area contributed by atoms with Crippen LogP contribution in [-0.2, 0) is 0 Å². The van der Waals surface area contributed by atoms with Crippen molar-refractivity contribution < 1.29 is 0 Å². The van der Waals surface area contributed by atoms with E-state index in [1.165, 1.54) is 0 Å². The van der Waals surface area contributed by atoms with Gasteiger partial charge in [-0.1, -0.05) is 0 Å². The number of rotatable bonds is 3. The molecule has 2 N–H and O–H groups in total. The molecule has 0 amide bonds. The third-order valence-corrected chi connectivity index (χ3v) is 3.62. The fraction of sp³-hybridized carbons (Fsp3) is 0.333. The second kappa shape index (κ2) is 4.80. The third-order valence-electron chi connectivity index (χ3n) is 3.62. The minimum Gasteiger partial charge on any atom is -0.383 e. The second-order valence-electron chi connectivity index (χ2n) is 5.64. The van der Waals surface area contributed by atoms with Crippen LogP contribution in [0.3, 0.4) is 0 Å². The molecule has 0 aliphatic heterocycles. The molecule has 0 aliphatic rings. The third kappa shape index (κ3) is 2.12. The van der Waals surface area contributed by atoms with Gasteiger partial charge in [-0.2, -0.15) is 0 Å². The van der Waals surface area contributed by atoms with Gasteiger partial charge in [-0.05, 0) is 26.0 Å². The van der Waals surface area contributed by atoms with E-state index >= 15 is 0 Å². The summed E-state index contributed by atoms with van der Waals surface area (Å²) in [6.45, 7) is 4.22. The van der Waals surface area contributed by atoms with Gasteiger partial charge in [0.15, 0.2) is 0 Å². The Morgan fingerprint density at radius 3 is 2.67 bits per heavy atom. The highest BCUT2D eigenvalue weighted by molar-refractivity contribution is 5.73. The molecule has 3 aromatic heterocycles. The predicted octanol–water partition coefficient (Wildman–Crippen LogP) is 2.43. The van der Waals surface area contributed by atoms with E-state index in [0.717, 1.165) is 22.7 Å². The number of nitrogen functional groups attached to an aromatic ring is 1. The van der Waals surface area contributed by atoms with E-state index in [9.17, 15) is 0 Å². The molecule has 0 aliphatic carbocycles. The summed E-state index contributed by atoms with van der Waals surface area (Å²) in [5.41, 5.74) is 9.94. The monoisotopic (exact) mass is 284 g/mol. The van der Waals surface area contributed by atoms with E-state index in [1.54, 1.807) is 0 Å².